The number of methoxy groups -OCH3 is 1. The van der Waals surface area contributed by atoms with Crippen LogP contribution in [-0.2, 0) is 0 Å². The van der Waals surface area contributed by atoms with Crippen LogP contribution < -0.4 is 9.47 Å². The Hall–Kier alpha value is -1.71. The highest BCUT2D eigenvalue weighted by Gasteiger charge is 2.11. The third-order valence-electron chi connectivity index (χ3n) is 3.12. The monoisotopic (exact) mass is 439 g/mol. The average Bonchev–Trinajstić information content (AvgIpc) is 2.54. The summed E-state index contributed by atoms with van der Waals surface area (Å²) in [5, 5.41) is 10.1. The van der Waals surface area contributed by atoms with Gasteiger partial charge in [0.2, 0.25) is 0 Å². The first-order valence-electron chi connectivity index (χ1n) is 6.97. The first kappa shape index (κ1) is 17.6. The highest BCUT2D eigenvalue weighted by molar-refractivity contribution is 14.1. The lowest BCUT2D eigenvalue weighted by Crippen LogP contribution is -1.98. The van der Waals surface area contributed by atoms with Gasteiger partial charge in [-0.3, -0.25) is 0 Å². The topological polar surface area (TPSA) is 42.2 Å². The third-order valence-corrected chi connectivity index (χ3v) is 4.18. The van der Waals surface area contributed by atoms with Crippen molar-refractivity contribution in [1.29, 1.82) is 5.26 Å². The van der Waals surface area contributed by atoms with Crippen molar-refractivity contribution >= 4 is 45.8 Å². The molecule has 0 N–H and O–H groups in total. The molecule has 0 atom stereocenters. The minimum absolute atomic E-state index is 0.544. The molecule has 0 radical (unpaired) electrons. The second-order valence-electron chi connectivity index (χ2n) is 4.64. The molecular weight excluding hydrogens is 425 g/mol. The molecule has 0 amide bonds. The summed E-state index contributed by atoms with van der Waals surface area (Å²) in [5.74, 6) is 1.37. The van der Waals surface area contributed by atoms with Gasteiger partial charge in [-0.1, -0.05) is 23.7 Å². The molecule has 0 aliphatic heterocycles. The fourth-order valence-corrected chi connectivity index (χ4v) is 3.08. The fraction of sp³-hybridized carbons (Fsp3) is 0.167. The van der Waals surface area contributed by atoms with Crippen LogP contribution in [0.25, 0.3) is 11.6 Å². The number of halogens is 2. The maximum absolute atomic E-state index is 9.44. The number of nitrogens with zero attached hydrogens (tertiary/aromatic N) is 1. The van der Waals surface area contributed by atoms with E-state index < -0.39 is 0 Å². The summed E-state index contributed by atoms with van der Waals surface area (Å²) >= 11 is 8.09. The van der Waals surface area contributed by atoms with Gasteiger partial charge in [0.1, 0.15) is 0 Å². The Morgan fingerprint density at radius 1 is 1.30 bits per heavy atom. The summed E-state index contributed by atoms with van der Waals surface area (Å²) in [5.41, 5.74) is 2.26. The van der Waals surface area contributed by atoms with Crippen LogP contribution in [0, 0.1) is 14.9 Å². The van der Waals surface area contributed by atoms with Crippen molar-refractivity contribution in [2.45, 2.75) is 6.92 Å². The molecule has 0 spiro atoms. The molecule has 118 valence electrons. The third kappa shape index (κ3) is 4.40. The Kier molecular flexibility index (Phi) is 6.31. The van der Waals surface area contributed by atoms with Gasteiger partial charge in [0.05, 0.1) is 28.9 Å². The van der Waals surface area contributed by atoms with E-state index in [-0.39, 0.29) is 0 Å². The lowest BCUT2D eigenvalue weighted by atomic mass is 10.0. The van der Waals surface area contributed by atoms with Gasteiger partial charge in [0, 0.05) is 5.02 Å². The fourth-order valence-electron chi connectivity index (χ4n) is 2.11. The molecule has 2 aromatic carbocycles. The van der Waals surface area contributed by atoms with Crippen LogP contribution in [0.1, 0.15) is 18.1 Å². The van der Waals surface area contributed by atoms with Crippen molar-refractivity contribution in [3.8, 4) is 17.6 Å². The van der Waals surface area contributed by atoms with Crippen LogP contribution in [0.5, 0.6) is 11.5 Å². The summed E-state index contributed by atoms with van der Waals surface area (Å²) in [7, 11) is 1.62. The maximum Gasteiger partial charge on any atom is 0.174 e. The van der Waals surface area contributed by atoms with Crippen LogP contribution in [0.2, 0.25) is 5.02 Å². The van der Waals surface area contributed by atoms with Gasteiger partial charge < -0.3 is 9.47 Å². The lowest BCUT2D eigenvalue weighted by Gasteiger charge is -2.12. The van der Waals surface area contributed by atoms with Crippen molar-refractivity contribution in [2.75, 3.05) is 13.7 Å². The highest BCUT2D eigenvalue weighted by Crippen LogP contribution is 2.35. The number of hydrogen-bond acceptors (Lipinski definition) is 3. The number of benzene rings is 2. The van der Waals surface area contributed by atoms with Gasteiger partial charge in [-0.05, 0) is 71.0 Å². The zero-order chi connectivity index (χ0) is 16.8. The number of rotatable bonds is 5. The quantitative estimate of drug-likeness (QED) is 0.355. The minimum atomic E-state index is 0.544. The van der Waals surface area contributed by atoms with E-state index in [2.05, 4.69) is 28.7 Å². The Morgan fingerprint density at radius 3 is 2.57 bits per heavy atom. The molecule has 0 saturated carbocycles. The van der Waals surface area contributed by atoms with Gasteiger partial charge in [-0.2, -0.15) is 5.26 Å². The largest absolute Gasteiger partial charge is 0.492 e. The predicted molar refractivity (Wildman–Crippen MR) is 102 cm³/mol. The van der Waals surface area contributed by atoms with Crippen molar-refractivity contribution in [3.63, 3.8) is 0 Å². The first-order valence-corrected chi connectivity index (χ1v) is 8.42. The van der Waals surface area contributed by atoms with Crippen LogP contribution in [0.3, 0.4) is 0 Å². The van der Waals surface area contributed by atoms with E-state index in [1.165, 1.54) is 0 Å². The molecule has 0 fully saturated rings. The van der Waals surface area contributed by atoms with Crippen LogP contribution in [0.15, 0.2) is 36.4 Å². The Balaban J connectivity index is 2.48. The van der Waals surface area contributed by atoms with E-state index in [1.807, 2.05) is 37.3 Å². The molecule has 3 nitrogen and oxygen atoms in total. The van der Waals surface area contributed by atoms with E-state index in [0.29, 0.717) is 28.7 Å². The van der Waals surface area contributed by atoms with Gasteiger partial charge in [-0.15, -0.1) is 0 Å². The molecule has 0 bridgehead atoms. The van der Waals surface area contributed by atoms with Crippen LogP contribution in [0.4, 0.5) is 0 Å². The summed E-state index contributed by atoms with van der Waals surface area (Å²) in [6, 6.07) is 13.3. The molecule has 0 heterocycles. The average molecular weight is 440 g/mol. The van der Waals surface area contributed by atoms with Crippen LogP contribution in [-0.4, -0.2) is 13.7 Å². The predicted octanol–water partition coefficient (Wildman–Crippen LogP) is 5.42. The smallest absolute Gasteiger partial charge is 0.174 e. The number of ether oxygens (including phenoxy) is 2. The van der Waals surface area contributed by atoms with Gasteiger partial charge in [-0.25, -0.2) is 0 Å². The van der Waals surface area contributed by atoms with Crippen molar-refractivity contribution in [3.05, 3.63) is 56.1 Å². The minimum Gasteiger partial charge on any atom is -0.492 e. The van der Waals surface area contributed by atoms with E-state index >= 15 is 0 Å². The zero-order valence-corrected chi connectivity index (χ0v) is 15.7. The first-order chi connectivity index (χ1) is 11.1. The molecule has 0 saturated heterocycles. The second kappa shape index (κ2) is 8.23. The van der Waals surface area contributed by atoms with Crippen molar-refractivity contribution < 1.29 is 9.47 Å². The Labute approximate surface area is 154 Å². The standard InChI is InChI=1S/C18H15ClINO2/c1-3-23-17-10-12(9-16(20)18(17)22-2)8-14(11-21)13-4-6-15(19)7-5-13/h4-10H,3H2,1-2H3/b14-8+. The highest BCUT2D eigenvalue weighted by atomic mass is 127. The van der Waals surface area contributed by atoms with Crippen molar-refractivity contribution in [2.24, 2.45) is 0 Å². The number of hydrogen-bond donors (Lipinski definition) is 0. The number of nitriles is 1. The van der Waals surface area contributed by atoms with E-state index in [9.17, 15) is 5.26 Å². The zero-order valence-electron chi connectivity index (χ0n) is 12.8. The summed E-state index contributed by atoms with van der Waals surface area (Å²) in [6.45, 7) is 2.46. The normalized spacial score (nSPS) is 11.0. The van der Waals surface area contributed by atoms with E-state index in [1.54, 1.807) is 19.2 Å². The Morgan fingerprint density at radius 2 is 2.00 bits per heavy atom. The van der Waals surface area contributed by atoms with Crippen molar-refractivity contribution in [1.82, 2.24) is 0 Å². The van der Waals surface area contributed by atoms with E-state index in [4.69, 9.17) is 21.1 Å². The SMILES string of the molecule is CCOc1cc(/C=C(\C#N)c2ccc(Cl)cc2)cc(I)c1OC. The second-order valence-corrected chi connectivity index (χ2v) is 6.24. The molecule has 23 heavy (non-hydrogen) atoms. The lowest BCUT2D eigenvalue weighted by molar-refractivity contribution is 0.309. The summed E-state index contributed by atoms with van der Waals surface area (Å²) in [6.07, 6.45) is 1.83. The molecule has 2 aromatic rings. The van der Waals surface area contributed by atoms with Gasteiger partial charge in [0.25, 0.3) is 0 Å². The molecule has 0 unspecified atom stereocenters. The molecule has 0 aliphatic rings. The van der Waals surface area contributed by atoms with Crippen LogP contribution >= 0.6 is 34.2 Å². The summed E-state index contributed by atoms with van der Waals surface area (Å²) in [4.78, 5) is 0. The van der Waals surface area contributed by atoms with E-state index in [0.717, 1.165) is 14.7 Å². The summed E-state index contributed by atoms with van der Waals surface area (Å²) < 4.78 is 11.9. The molecular formula is C18H15ClINO2. The molecule has 5 heteroatoms. The molecule has 0 aliphatic carbocycles. The number of allylic oxidation sites excluding steroid dienone is 1. The van der Waals surface area contributed by atoms with Gasteiger partial charge in [0.15, 0.2) is 11.5 Å². The molecule has 2 rings (SSSR count). The van der Waals surface area contributed by atoms with Gasteiger partial charge >= 0.3 is 0 Å². The Bertz CT molecular complexity index is 764. The maximum atomic E-state index is 9.44. The molecule has 0 aromatic heterocycles.